The molecule has 5 nitrogen and oxygen atoms in total. The van der Waals surface area contributed by atoms with Gasteiger partial charge in [0, 0.05) is 21.7 Å². The number of benzene rings is 2. The molecule has 1 aromatic heterocycles. The van der Waals surface area contributed by atoms with Crippen molar-refractivity contribution in [1.29, 1.82) is 0 Å². The van der Waals surface area contributed by atoms with E-state index in [2.05, 4.69) is 10.3 Å². The van der Waals surface area contributed by atoms with E-state index in [1.54, 1.807) is 24.3 Å². The summed E-state index contributed by atoms with van der Waals surface area (Å²) in [7, 11) is 0. The molecule has 0 radical (unpaired) electrons. The predicted molar refractivity (Wildman–Crippen MR) is 112 cm³/mol. The summed E-state index contributed by atoms with van der Waals surface area (Å²) in [6.45, 7) is 3.55. The van der Waals surface area contributed by atoms with Gasteiger partial charge in [0.1, 0.15) is 5.01 Å². The van der Waals surface area contributed by atoms with Crippen molar-refractivity contribution in [3.63, 3.8) is 0 Å². The fourth-order valence-electron chi connectivity index (χ4n) is 2.52. The molecular weight excluding hydrogens is 396 g/mol. The van der Waals surface area contributed by atoms with E-state index in [0.717, 1.165) is 16.1 Å². The molecule has 0 bridgehead atoms. The minimum absolute atomic E-state index is 0.0148. The molecule has 0 saturated heterocycles. The Morgan fingerprint density at radius 1 is 1.21 bits per heavy atom. The first kappa shape index (κ1) is 20.0. The number of nitrogens with one attached hydrogen (secondary N) is 1. The van der Waals surface area contributed by atoms with Crippen LogP contribution < -0.4 is 5.32 Å². The molecule has 1 atom stereocenters. The predicted octanol–water partition coefficient (Wildman–Crippen LogP) is 4.88. The number of carbonyl (C=O) groups excluding carboxylic acids is 2. The van der Waals surface area contributed by atoms with Gasteiger partial charge in [0.2, 0.25) is 0 Å². The van der Waals surface area contributed by atoms with Gasteiger partial charge in [0.05, 0.1) is 12.1 Å². The summed E-state index contributed by atoms with van der Waals surface area (Å²) in [6.07, 6.45) is -0.904. The molecular formula is C21H19ClN2O3S. The lowest BCUT2D eigenvalue weighted by atomic mass is 10.1. The zero-order chi connectivity index (χ0) is 20.1. The van der Waals surface area contributed by atoms with Crippen LogP contribution in [0.4, 0.5) is 5.69 Å². The molecule has 0 unspecified atom stereocenters. The third-order valence-electron chi connectivity index (χ3n) is 3.93. The average molecular weight is 415 g/mol. The molecule has 7 heteroatoms. The molecule has 0 aliphatic heterocycles. The highest BCUT2D eigenvalue weighted by Crippen LogP contribution is 2.24. The van der Waals surface area contributed by atoms with E-state index in [0.29, 0.717) is 16.4 Å². The Morgan fingerprint density at radius 3 is 2.68 bits per heavy atom. The molecule has 0 spiro atoms. The fraction of sp³-hybridized carbons (Fsp3) is 0.190. The first-order valence-electron chi connectivity index (χ1n) is 8.68. The molecule has 28 heavy (non-hydrogen) atoms. The van der Waals surface area contributed by atoms with Crippen LogP contribution in [0.3, 0.4) is 0 Å². The number of hydrogen-bond acceptors (Lipinski definition) is 5. The van der Waals surface area contributed by atoms with Gasteiger partial charge in [-0.25, -0.2) is 4.98 Å². The highest BCUT2D eigenvalue weighted by atomic mass is 35.5. The van der Waals surface area contributed by atoms with E-state index < -0.39 is 18.0 Å². The van der Waals surface area contributed by atoms with Crippen molar-refractivity contribution in [3.05, 3.63) is 70.2 Å². The summed E-state index contributed by atoms with van der Waals surface area (Å²) in [4.78, 5) is 28.8. The van der Waals surface area contributed by atoms with Gasteiger partial charge in [0.15, 0.2) is 6.10 Å². The van der Waals surface area contributed by atoms with Gasteiger partial charge >= 0.3 is 5.97 Å². The number of amides is 1. The number of esters is 1. The maximum Gasteiger partial charge on any atom is 0.312 e. The van der Waals surface area contributed by atoms with E-state index in [-0.39, 0.29) is 6.42 Å². The highest BCUT2D eigenvalue weighted by molar-refractivity contribution is 7.13. The number of rotatable bonds is 6. The number of hydrogen-bond donors (Lipinski definition) is 1. The first-order valence-corrected chi connectivity index (χ1v) is 9.94. The Hall–Kier alpha value is -2.70. The van der Waals surface area contributed by atoms with E-state index in [4.69, 9.17) is 16.3 Å². The fourth-order valence-corrected chi connectivity index (χ4v) is 3.46. The minimum atomic E-state index is -0.918. The van der Waals surface area contributed by atoms with Gasteiger partial charge in [-0.2, -0.15) is 0 Å². The number of halogens is 1. The van der Waals surface area contributed by atoms with Crippen molar-refractivity contribution in [2.45, 2.75) is 26.4 Å². The lowest BCUT2D eigenvalue weighted by Gasteiger charge is -2.13. The molecule has 3 rings (SSSR count). The summed E-state index contributed by atoms with van der Waals surface area (Å²) in [5.41, 5.74) is 3.37. The molecule has 0 aliphatic rings. The van der Waals surface area contributed by atoms with Crippen LogP contribution in [0.25, 0.3) is 10.6 Å². The Morgan fingerprint density at radius 2 is 1.96 bits per heavy atom. The third kappa shape index (κ3) is 5.41. The lowest BCUT2D eigenvalue weighted by molar-refractivity contribution is -0.152. The molecule has 0 aliphatic carbocycles. The van der Waals surface area contributed by atoms with Gasteiger partial charge in [-0.05, 0) is 44.2 Å². The number of aromatic nitrogens is 1. The zero-order valence-corrected chi connectivity index (χ0v) is 17.0. The van der Waals surface area contributed by atoms with Crippen LogP contribution in [-0.2, 0) is 20.7 Å². The normalized spacial score (nSPS) is 11.7. The summed E-state index contributed by atoms with van der Waals surface area (Å²) >= 11 is 7.29. The van der Waals surface area contributed by atoms with Crippen molar-refractivity contribution in [2.75, 3.05) is 5.32 Å². The summed E-state index contributed by atoms with van der Waals surface area (Å²) < 4.78 is 5.23. The third-order valence-corrected chi connectivity index (χ3v) is 5.12. The number of anilines is 1. The van der Waals surface area contributed by atoms with Crippen LogP contribution in [0, 0.1) is 6.92 Å². The Labute approximate surface area is 172 Å². The van der Waals surface area contributed by atoms with Gasteiger partial charge in [-0.15, -0.1) is 11.3 Å². The quantitative estimate of drug-likeness (QED) is 0.583. The average Bonchev–Trinajstić information content (AvgIpc) is 3.12. The van der Waals surface area contributed by atoms with E-state index in [9.17, 15) is 9.59 Å². The van der Waals surface area contributed by atoms with Crippen LogP contribution in [0.15, 0.2) is 53.9 Å². The van der Waals surface area contributed by atoms with Crippen molar-refractivity contribution in [3.8, 4) is 10.6 Å². The summed E-state index contributed by atoms with van der Waals surface area (Å²) in [5, 5.41) is 5.93. The van der Waals surface area contributed by atoms with Gasteiger partial charge in [-0.1, -0.05) is 35.4 Å². The van der Waals surface area contributed by atoms with Crippen LogP contribution in [0.2, 0.25) is 5.02 Å². The molecule has 1 N–H and O–H groups in total. The van der Waals surface area contributed by atoms with Crippen LogP contribution >= 0.6 is 22.9 Å². The topological polar surface area (TPSA) is 68.3 Å². The van der Waals surface area contributed by atoms with Crippen LogP contribution in [0.1, 0.15) is 18.2 Å². The van der Waals surface area contributed by atoms with Gasteiger partial charge in [0.25, 0.3) is 5.91 Å². The van der Waals surface area contributed by atoms with Crippen molar-refractivity contribution >= 4 is 40.5 Å². The van der Waals surface area contributed by atoms with E-state index in [1.807, 2.05) is 36.6 Å². The zero-order valence-electron chi connectivity index (χ0n) is 15.4. The molecule has 1 heterocycles. The summed E-state index contributed by atoms with van der Waals surface area (Å²) in [6, 6.07) is 14.7. The number of nitrogens with zero attached hydrogens (tertiary/aromatic N) is 1. The second kappa shape index (κ2) is 8.99. The second-order valence-electron chi connectivity index (χ2n) is 6.32. The molecule has 2 aromatic carbocycles. The maximum absolute atomic E-state index is 12.2. The Balaban J connectivity index is 1.55. The maximum atomic E-state index is 12.2. The first-order chi connectivity index (χ1) is 13.4. The monoisotopic (exact) mass is 414 g/mol. The van der Waals surface area contributed by atoms with Crippen molar-refractivity contribution in [1.82, 2.24) is 4.98 Å². The second-order valence-corrected chi connectivity index (χ2v) is 7.61. The molecule has 1 amide bonds. The standard InChI is InChI=1S/C21H19ClN2O3S/c1-13-4-3-5-15(10-13)21-24-18(12-28-21)11-19(25)27-14(2)20(26)23-17-8-6-16(22)7-9-17/h3-10,12,14H,11H2,1-2H3,(H,23,26)/t14-/m1/s1. The lowest BCUT2D eigenvalue weighted by Crippen LogP contribution is -2.30. The number of carbonyl (C=O) groups is 2. The van der Waals surface area contributed by atoms with Crippen LogP contribution in [0.5, 0.6) is 0 Å². The van der Waals surface area contributed by atoms with Crippen LogP contribution in [-0.4, -0.2) is 23.0 Å². The number of aryl methyl sites for hydroxylation is 1. The SMILES string of the molecule is Cc1cccc(-c2nc(CC(=O)O[C@H](C)C(=O)Nc3ccc(Cl)cc3)cs2)c1. The van der Waals surface area contributed by atoms with Crippen molar-refractivity contribution in [2.24, 2.45) is 0 Å². The molecule has 0 fully saturated rings. The Kier molecular flexibility index (Phi) is 6.44. The Bertz CT molecular complexity index is 985. The molecule has 0 saturated carbocycles. The highest BCUT2D eigenvalue weighted by Gasteiger charge is 2.19. The van der Waals surface area contributed by atoms with Crippen molar-refractivity contribution < 1.29 is 14.3 Å². The van der Waals surface area contributed by atoms with E-state index in [1.165, 1.54) is 18.3 Å². The number of ether oxygens (including phenoxy) is 1. The van der Waals surface area contributed by atoms with Gasteiger partial charge in [-0.3, -0.25) is 9.59 Å². The molecule has 3 aromatic rings. The van der Waals surface area contributed by atoms with Gasteiger partial charge < -0.3 is 10.1 Å². The minimum Gasteiger partial charge on any atom is -0.452 e. The molecule has 144 valence electrons. The van der Waals surface area contributed by atoms with E-state index >= 15 is 0 Å². The number of thiazole rings is 1. The largest absolute Gasteiger partial charge is 0.452 e. The summed E-state index contributed by atoms with van der Waals surface area (Å²) in [5.74, 6) is -0.908. The smallest absolute Gasteiger partial charge is 0.312 e.